The number of aliphatic hydroxyl groups is 1. The van der Waals surface area contributed by atoms with Gasteiger partial charge in [0.05, 0.1) is 6.10 Å². The SMILES string of the molecule is C=CC[C@H]1c2cc(Br)ccc2NC[C@@H]1O. The molecule has 2 nitrogen and oxygen atoms in total. The smallest absolute Gasteiger partial charge is 0.0784 e. The zero-order valence-electron chi connectivity index (χ0n) is 8.41. The molecule has 1 heterocycles. The molecule has 0 spiro atoms. The predicted molar refractivity (Wildman–Crippen MR) is 66.2 cm³/mol. The summed E-state index contributed by atoms with van der Waals surface area (Å²) in [7, 11) is 0. The van der Waals surface area contributed by atoms with Gasteiger partial charge in [-0.3, -0.25) is 0 Å². The summed E-state index contributed by atoms with van der Waals surface area (Å²) in [4.78, 5) is 0. The highest BCUT2D eigenvalue weighted by molar-refractivity contribution is 9.10. The Kier molecular flexibility index (Phi) is 3.12. The first-order chi connectivity index (χ1) is 7.22. The van der Waals surface area contributed by atoms with Gasteiger partial charge in [-0.05, 0) is 30.2 Å². The van der Waals surface area contributed by atoms with Crippen molar-refractivity contribution < 1.29 is 5.11 Å². The first-order valence-corrected chi connectivity index (χ1v) is 5.84. The van der Waals surface area contributed by atoms with Crippen LogP contribution in [0.15, 0.2) is 35.3 Å². The Morgan fingerprint density at radius 2 is 2.40 bits per heavy atom. The van der Waals surface area contributed by atoms with Gasteiger partial charge in [0.2, 0.25) is 0 Å². The average molecular weight is 268 g/mol. The van der Waals surface area contributed by atoms with Crippen LogP contribution in [0.3, 0.4) is 0 Å². The molecule has 0 aliphatic carbocycles. The highest BCUT2D eigenvalue weighted by Gasteiger charge is 2.26. The maximum Gasteiger partial charge on any atom is 0.0784 e. The van der Waals surface area contributed by atoms with Crippen molar-refractivity contribution in [3.05, 3.63) is 40.9 Å². The largest absolute Gasteiger partial charge is 0.391 e. The Morgan fingerprint density at radius 1 is 1.60 bits per heavy atom. The van der Waals surface area contributed by atoms with Gasteiger partial charge in [-0.1, -0.05) is 22.0 Å². The van der Waals surface area contributed by atoms with Crippen molar-refractivity contribution >= 4 is 21.6 Å². The van der Waals surface area contributed by atoms with Crippen LogP contribution in [0.1, 0.15) is 17.9 Å². The van der Waals surface area contributed by atoms with Gasteiger partial charge in [0.25, 0.3) is 0 Å². The molecule has 2 rings (SSSR count). The molecule has 2 atom stereocenters. The van der Waals surface area contributed by atoms with Crippen molar-refractivity contribution in [2.45, 2.75) is 18.4 Å². The molecule has 1 aromatic rings. The lowest BCUT2D eigenvalue weighted by molar-refractivity contribution is 0.152. The monoisotopic (exact) mass is 267 g/mol. The zero-order chi connectivity index (χ0) is 10.8. The van der Waals surface area contributed by atoms with E-state index in [1.165, 1.54) is 5.56 Å². The Labute approximate surface area is 98.1 Å². The second kappa shape index (κ2) is 4.37. The lowest BCUT2D eigenvalue weighted by atomic mass is 9.86. The minimum Gasteiger partial charge on any atom is -0.391 e. The highest BCUT2D eigenvalue weighted by atomic mass is 79.9. The molecule has 0 unspecified atom stereocenters. The summed E-state index contributed by atoms with van der Waals surface area (Å²) >= 11 is 3.45. The van der Waals surface area contributed by atoms with Gasteiger partial charge in [-0.25, -0.2) is 0 Å². The molecule has 0 saturated carbocycles. The molecule has 80 valence electrons. The molecule has 0 amide bonds. The number of β-amino-alcohol motifs (C(OH)–C–C–N with tert-alkyl or cyclic N) is 1. The Morgan fingerprint density at radius 3 is 3.13 bits per heavy atom. The summed E-state index contributed by atoms with van der Waals surface area (Å²) in [6.45, 7) is 4.36. The van der Waals surface area contributed by atoms with E-state index in [2.05, 4.69) is 33.9 Å². The molecule has 0 saturated heterocycles. The number of halogens is 1. The number of hydrogen-bond acceptors (Lipinski definition) is 2. The molecule has 2 N–H and O–H groups in total. The maximum absolute atomic E-state index is 9.91. The van der Waals surface area contributed by atoms with Gasteiger partial charge in [0.1, 0.15) is 0 Å². The van der Waals surface area contributed by atoms with E-state index in [1.807, 2.05) is 18.2 Å². The number of aliphatic hydroxyl groups excluding tert-OH is 1. The van der Waals surface area contributed by atoms with Gasteiger partial charge in [0.15, 0.2) is 0 Å². The summed E-state index contributed by atoms with van der Waals surface area (Å²) in [5.74, 6) is 0.163. The van der Waals surface area contributed by atoms with E-state index in [4.69, 9.17) is 0 Å². The van der Waals surface area contributed by atoms with Gasteiger partial charge in [0, 0.05) is 22.6 Å². The topological polar surface area (TPSA) is 32.3 Å². The first-order valence-electron chi connectivity index (χ1n) is 5.04. The van der Waals surface area contributed by atoms with Gasteiger partial charge >= 0.3 is 0 Å². The second-order valence-electron chi connectivity index (χ2n) is 3.81. The molecule has 1 aromatic carbocycles. The van der Waals surface area contributed by atoms with Crippen molar-refractivity contribution in [3.8, 4) is 0 Å². The van der Waals surface area contributed by atoms with Crippen LogP contribution < -0.4 is 5.32 Å². The summed E-state index contributed by atoms with van der Waals surface area (Å²) in [6.07, 6.45) is 2.35. The van der Waals surface area contributed by atoms with Gasteiger partial charge in [-0.2, -0.15) is 0 Å². The fourth-order valence-electron chi connectivity index (χ4n) is 2.03. The number of rotatable bonds is 2. The van der Waals surface area contributed by atoms with Crippen molar-refractivity contribution in [1.82, 2.24) is 0 Å². The molecular formula is C12H14BrNO. The molecule has 0 radical (unpaired) electrons. The zero-order valence-corrected chi connectivity index (χ0v) is 10.00. The molecule has 0 bridgehead atoms. The van der Waals surface area contributed by atoms with Crippen LogP contribution in [0.2, 0.25) is 0 Å². The first kappa shape index (κ1) is 10.7. The third-order valence-corrected chi connectivity index (χ3v) is 3.29. The van der Waals surface area contributed by atoms with Crippen molar-refractivity contribution in [2.24, 2.45) is 0 Å². The Balaban J connectivity index is 2.40. The third-order valence-electron chi connectivity index (χ3n) is 2.80. The number of anilines is 1. The normalized spacial score (nSPS) is 24.1. The lowest BCUT2D eigenvalue weighted by Gasteiger charge is -2.30. The van der Waals surface area contributed by atoms with Crippen LogP contribution >= 0.6 is 15.9 Å². The Hall–Kier alpha value is -0.800. The van der Waals surface area contributed by atoms with Gasteiger partial charge in [-0.15, -0.1) is 6.58 Å². The van der Waals surface area contributed by atoms with Crippen molar-refractivity contribution in [2.75, 3.05) is 11.9 Å². The van der Waals surface area contributed by atoms with Crippen LogP contribution in [0.5, 0.6) is 0 Å². The summed E-state index contributed by atoms with van der Waals surface area (Å²) in [5.41, 5.74) is 2.29. The summed E-state index contributed by atoms with van der Waals surface area (Å²) < 4.78 is 1.05. The van der Waals surface area contributed by atoms with E-state index in [0.29, 0.717) is 6.54 Å². The number of allylic oxidation sites excluding steroid dienone is 1. The maximum atomic E-state index is 9.91. The van der Waals surface area contributed by atoms with E-state index in [0.717, 1.165) is 16.6 Å². The van der Waals surface area contributed by atoms with Crippen LogP contribution in [0, 0.1) is 0 Å². The lowest BCUT2D eigenvalue weighted by Crippen LogP contribution is -2.32. The van der Waals surface area contributed by atoms with E-state index in [1.54, 1.807) is 0 Å². The molecule has 1 aliphatic rings. The second-order valence-corrected chi connectivity index (χ2v) is 4.73. The molecular weight excluding hydrogens is 254 g/mol. The summed E-state index contributed by atoms with van der Waals surface area (Å²) in [5, 5.41) is 13.1. The number of benzene rings is 1. The summed E-state index contributed by atoms with van der Waals surface area (Å²) in [6, 6.07) is 6.12. The third kappa shape index (κ3) is 2.08. The standard InChI is InChI=1S/C12H14BrNO/c1-2-3-9-10-6-8(13)4-5-11(10)14-7-12(9)15/h2,4-6,9,12,14-15H,1,3,7H2/t9-,12-/m0/s1. The minimum absolute atomic E-state index is 0.163. The fourth-order valence-corrected chi connectivity index (χ4v) is 2.41. The molecule has 0 aromatic heterocycles. The predicted octanol–water partition coefficient (Wildman–Crippen LogP) is 2.90. The quantitative estimate of drug-likeness (QED) is 0.808. The van der Waals surface area contributed by atoms with Crippen molar-refractivity contribution in [3.63, 3.8) is 0 Å². The minimum atomic E-state index is -0.329. The van der Waals surface area contributed by atoms with Crippen LogP contribution in [0.25, 0.3) is 0 Å². The molecule has 0 fully saturated rings. The number of hydrogen-bond donors (Lipinski definition) is 2. The number of fused-ring (bicyclic) bond motifs is 1. The molecule has 15 heavy (non-hydrogen) atoms. The fraction of sp³-hybridized carbons (Fsp3) is 0.333. The van der Waals surface area contributed by atoms with Crippen LogP contribution in [-0.2, 0) is 0 Å². The van der Waals surface area contributed by atoms with E-state index in [9.17, 15) is 5.11 Å². The van der Waals surface area contributed by atoms with Crippen LogP contribution in [0.4, 0.5) is 5.69 Å². The van der Waals surface area contributed by atoms with E-state index < -0.39 is 0 Å². The van der Waals surface area contributed by atoms with Crippen molar-refractivity contribution in [1.29, 1.82) is 0 Å². The van der Waals surface area contributed by atoms with Crippen LogP contribution in [-0.4, -0.2) is 17.8 Å². The van der Waals surface area contributed by atoms with E-state index >= 15 is 0 Å². The molecule has 1 aliphatic heterocycles. The Bertz CT molecular complexity index is 378. The van der Waals surface area contributed by atoms with Gasteiger partial charge < -0.3 is 10.4 Å². The highest BCUT2D eigenvalue weighted by Crippen LogP contribution is 2.35. The number of nitrogens with one attached hydrogen (secondary N) is 1. The molecule has 3 heteroatoms. The van der Waals surface area contributed by atoms with E-state index in [-0.39, 0.29) is 12.0 Å². The average Bonchev–Trinajstić information content (AvgIpc) is 2.23.